The maximum absolute atomic E-state index is 5.58. The van der Waals surface area contributed by atoms with Crippen molar-refractivity contribution < 1.29 is 4.74 Å². The first kappa shape index (κ1) is 13.0. The summed E-state index contributed by atoms with van der Waals surface area (Å²) < 4.78 is 5.58. The van der Waals surface area contributed by atoms with Gasteiger partial charge in [0, 0.05) is 24.8 Å². The van der Waals surface area contributed by atoms with Crippen LogP contribution < -0.4 is 11.3 Å². The van der Waals surface area contributed by atoms with Crippen LogP contribution in [0.5, 0.6) is 0 Å². The van der Waals surface area contributed by atoms with Crippen LogP contribution in [0.25, 0.3) is 0 Å². The van der Waals surface area contributed by atoms with Crippen LogP contribution in [0.4, 0.5) is 5.82 Å². The van der Waals surface area contributed by atoms with E-state index in [-0.39, 0.29) is 6.10 Å². The van der Waals surface area contributed by atoms with E-state index in [1.807, 2.05) is 36.4 Å². The van der Waals surface area contributed by atoms with Crippen molar-refractivity contribution in [2.75, 3.05) is 12.5 Å². The van der Waals surface area contributed by atoms with Gasteiger partial charge in [0.15, 0.2) is 5.82 Å². The summed E-state index contributed by atoms with van der Waals surface area (Å²) in [5.74, 6) is 7.33. The molecule has 1 atom stereocenters. The molecule has 1 heterocycles. The van der Waals surface area contributed by atoms with Gasteiger partial charge in [-0.2, -0.15) is 0 Å². The molecule has 1 aromatic heterocycles. The Morgan fingerprint density at radius 2 is 2.00 bits per heavy atom. The Bertz CT molecular complexity index is 584. The molecule has 5 nitrogen and oxygen atoms in total. The lowest BCUT2D eigenvalue weighted by Crippen LogP contribution is -2.15. The molecule has 1 fully saturated rings. The Balaban J connectivity index is 2.00. The normalized spacial score (nSPS) is 15.9. The van der Waals surface area contributed by atoms with E-state index in [4.69, 9.17) is 10.6 Å². The molecule has 20 heavy (non-hydrogen) atoms. The van der Waals surface area contributed by atoms with Crippen molar-refractivity contribution in [1.29, 1.82) is 0 Å². The van der Waals surface area contributed by atoms with Crippen molar-refractivity contribution in [3.63, 3.8) is 0 Å². The highest BCUT2D eigenvalue weighted by Crippen LogP contribution is 2.40. The number of nitrogens with zero attached hydrogens (tertiary/aromatic N) is 2. The molecule has 104 valence electrons. The quantitative estimate of drug-likeness (QED) is 0.644. The molecule has 0 bridgehead atoms. The fourth-order valence-corrected chi connectivity index (χ4v) is 2.28. The lowest BCUT2D eigenvalue weighted by molar-refractivity contribution is 0.129. The van der Waals surface area contributed by atoms with Gasteiger partial charge in [0.25, 0.3) is 0 Å². The number of rotatable bonds is 5. The van der Waals surface area contributed by atoms with Gasteiger partial charge in [-0.15, -0.1) is 0 Å². The largest absolute Gasteiger partial charge is 0.369 e. The monoisotopic (exact) mass is 270 g/mol. The minimum atomic E-state index is -0.276. The summed E-state index contributed by atoms with van der Waals surface area (Å²) in [4.78, 5) is 9.10. The van der Waals surface area contributed by atoms with E-state index in [0.29, 0.717) is 17.6 Å². The van der Waals surface area contributed by atoms with Gasteiger partial charge in [0.1, 0.15) is 11.9 Å². The number of hydrazine groups is 1. The SMILES string of the molecule is COC(c1ccccc1)c1nc(NN)cc(C2CC2)n1. The third-order valence-corrected chi connectivity index (χ3v) is 3.48. The first-order valence-electron chi connectivity index (χ1n) is 6.75. The summed E-state index contributed by atoms with van der Waals surface area (Å²) in [6.45, 7) is 0. The van der Waals surface area contributed by atoms with Crippen molar-refractivity contribution in [2.24, 2.45) is 5.84 Å². The third-order valence-electron chi connectivity index (χ3n) is 3.48. The van der Waals surface area contributed by atoms with E-state index in [9.17, 15) is 0 Å². The Kier molecular flexibility index (Phi) is 3.62. The molecule has 1 saturated carbocycles. The van der Waals surface area contributed by atoms with Crippen LogP contribution in [-0.4, -0.2) is 17.1 Å². The molecular weight excluding hydrogens is 252 g/mol. The van der Waals surface area contributed by atoms with Gasteiger partial charge in [-0.3, -0.25) is 0 Å². The minimum absolute atomic E-state index is 0.276. The summed E-state index contributed by atoms with van der Waals surface area (Å²) in [7, 11) is 1.67. The number of anilines is 1. The fraction of sp³-hybridized carbons (Fsp3) is 0.333. The Morgan fingerprint density at radius 3 is 2.60 bits per heavy atom. The Morgan fingerprint density at radius 1 is 1.25 bits per heavy atom. The highest BCUT2D eigenvalue weighted by molar-refractivity contribution is 5.38. The van der Waals surface area contributed by atoms with E-state index in [0.717, 1.165) is 11.3 Å². The smallest absolute Gasteiger partial charge is 0.164 e. The molecule has 1 aliphatic carbocycles. The van der Waals surface area contributed by atoms with Crippen molar-refractivity contribution in [3.05, 3.63) is 53.5 Å². The van der Waals surface area contributed by atoms with Gasteiger partial charge in [-0.1, -0.05) is 30.3 Å². The number of hydrogen-bond acceptors (Lipinski definition) is 5. The lowest BCUT2D eigenvalue weighted by Gasteiger charge is -2.16. The maximum atomic E-state index is 5.58. The number of nitrogen functional groups attached to an aromatic ring is 1. The van der Waals surface area contributed by atoms with Crippen LogP contribution in [0.3, 0.4) is 0 Å². The first-order valence-corrected chi connectivity index (χ1v) is 6.75. The third kappa shape index (κ3) is 2.64. The number of hydrogen-bond donors (Lipinski definition) is 2. The highest BCUT2D eigenvalue weighted by atomic mass is 16.5. The summed E-state index contributed by atoms with van der Waals surface area (Å²) in [6, 6.07) is 11.9. The second kappa shape index (κ2) is 5.56. The number of aromatic nitrogens is 2. The van der Waals surface area contributed by atoms with Crippen molar-refractivity contribution >= 4 is 5.82 Å². The Hall–Kier alpha value is -1.98. The number of methoxy groups -OCH3 is 1. The zero-order valence-electron chi connectivity index (χ0n) is 11.4. The molecule has 3 rings (SSSR count). The summed E-state index contributed by atoms with van der Waals surface area (Å²) in [6.07, 6.45) is 2.09. The minimum Gasteiger partial charge on any atom is -0.369 e. The lowest BCUT2D eigenvalue weighted by atomic mass is 10.1. The van der Waals surface area contributed by atoms with Crippen LogP contribution in [0, 0.1) is 0 Å². The summed E-state index contributed by atoms with van der Waals surface area (Å²) in [5.41, 5.74) is 4.69. The first-order chi connectivity index (χ1) is 9.81. The molecule has 0 saturated heterocycles. The zero-order chi connectivity index (χ0) is 13.9. The molecule has 1 aromatic carbocycles. The standard InChI is InChI=1S/C15H18N4O/c1-20-14(11-5-3-2-4-6-11)15-17-12(10-7-8-10)9-13(18-15)19-16/h2-6,9-10,14H,7-8,16H2,1H3,(H,17,18,19). The van der Waals surface area contributed by atoms with E-state index >= 15 is 0 Å². The van der Waals surface area contributed by atoms with E-state index < -0.39 is 0 Å². The predicted octanol–water partition coefficient (Wildman–Crippen LogP) is 2.38. The molecular formula is C15H18N4O. The van der Waals surface area contributed by atoms with Crippen molar-refractivity contribution in [3.8, 4) is 0 Å². The van der Waals surface area contributed by atoms with E-state index in [2.05, 4.69) is 15.4 Å². The Labute approximate surface area is 118 Å². The molecule has 2 aromatic rings. The van der Waals surface area contributed by atoms with E-state index in [1.165, 1.54) is 12.8 Å². The number of nitrogens with two attached hydrogens (primary N) is 1. The van der Waals surface area contributed by atoms with Gasteiger partial charge in [-0.25, -0.2) is 15.8 Å². The number of ether oxygens (including phenoxy) is 1. The molecule has 0 radical (unpaired) electrons. The van der Waals surface area contributed by atoms with Crippen molar-refractivity contribution in [1.82, 2.24) is 9.97 Å². The van der Waals surface area contributed by atoms with E-state index in [1.54, 1.807) is 7.11 Å². The number of nitrogens with one attached hydrogen (secondary N) is 1. The topological polar surface area (TPSA) is 73.1 Å². The molecule has 0 aliphatic heterocycles. The van der Waals surface area contributed by atoms with Gasteiger partial charge in [0.2, 0.25) is 0 Å². The molecule has 3 N–H and O–H groups in total. The highest BCUT2D eigenvalue weighted by Gasteiger charge is 2.27. The average molecular weight is 270 g/mol. The fourth-order valence-electron chi connectivity index (χ4n) is 2.28. The molecule has 0 spiro atoms. The summed E-state index contributed by atoms with van der Waals surface area (Å²) in [5, 5.41) is 0. The summed E-state index contributed by atoms with van der Waals surface area (Å²) >= 11 is 0. The molecule has 5 heteroatoms. The van der Waals surface area contributed by atoms with Crippen LogP contribution in [0.15, 0.2) is 36.4 Å². The van der Waals surface area contributed by atoms with Gasteiger partial charge >= 0.3 is 0 Å². The van der Waals surface area contributed by atoms with Gasteiger partial charge in [-0.05, 0) is 18.4 Å². The second-order valence-corrected chi connectivity index (χ2v) is 4.98. The predicted molar refractivity (Wildman–Crippen MR) is 77.1 cm³/mol. The van der Waals surface area contributed by atoms with Gasteiger partial charge < -0.3 is 10.2 Å². The van der Waals surface area contributed by atoms with Crippen LogP contribution in [0.1, 0.15) is 41.9 Å². The zero-order valence-corrected chi connectivity index (χ0v) is 11.4. The van der Waals surface area contributed by atoms with Crippen LogP contribution in [-0.2, 0) is 4.74 Å². The van der Waals surface area contributed by atoms with Crippen molar-refractivity contribution in [2.45, 2.75) is 24.9 Å². The number of benzene rings is 1. The maximum Gasteiger partial charge on any atom is 0.164 e. The van der Waals surface area contributed by atoms with Crippen LogP contribution >= 0.6 is 0 Å². The molecule has 0 amide bonds. The average Bonchev–Trinajstić information content (AvgIpc) is 3.33. The van der Waals surface area contributed by atoms with Crippen LogP contribution in [0.2, 0.25) is 0 Å². The second-order valence-electron chi connectivity index (χ2n) is 4.98. The molecule has 1 unspecified atom stereocenters. The molecule has 1 aliphatic rings. The van der Waals surface area contributed by atoms with Gasteiger partial charge in [0.05, 0.1) is 0 Å².